The molecule has 0 radical (unpaired) electrons. The van der Waals surface area contributed by atoms with Crippen LogP contribution in [0.1, 0.15) is 12.5 Å². The minimum atomic E-state index is -0.540. The van der Waals surface area contributed by atoms with Crippen molar-refractivity contribution in [2.24, 2.45) is 0 Å². The van der Waals surface area contributed by atoms with Crippen LogP contribution in [0.5, 0.6) is 0 Å². The molecule has 4 nitrogen and oxygen atoms in total. The molecule has 8 heteroatoms. The molecular formula is C12H8ClFN2O2S2. The summed E-state index contributed by atoms with van der Waals surface area (Å²) in [7, 11) is 0. The van der Waals surface area contributed by atoms with Crippen LogP contribution in [0.4, 0.5) is 4.39 Å². The number of hydrogen-bond acceptors (Lipinski definition) is 4. The summed E-state index contributed by atoms with van der Waals surface area (Å²) in [6, 6.07) is 4.23. The lowest BCUT2D eigenvalue weighted by Gasteiger charge is -2.13. The van der Waals surface area contributed by atoms with Gasteiger partial charge in [0.15, 0.2) is 4.32 Å². The summed E-state index contributed by atoms with van der Waals surface area (Å²) in [5.74, 6) is -1.48. The van der Waals surface area contributed by atoms with Gasteiger partial charge in [0.2, 0.25) is 5.91 Å². The highest BCUT2D eigenvalue weighted by Crippen LogP contribution is 2.33. The van der Waals surface area contributed by atoms with Crippen LogP contribution in [-0.2, 0) is 9.59 Å². The van der Waals surface area contributed by atoms with Crippen molar-refractivity contribution in [3.63, 3.8) is 0 Å². The molecule has 1 saturated heterocycles. The third-order valence-electron chi connectivity index (χ3n) is 2.34. The molecular weight excluding hydrogens is 323 g/mol. The Labute approximate surface area is 128 Å². The van der Waals surface area contributed by atoms with Gasteiger partial charge in [-0.05, 0) is 30.4 Å². The fourth-order valence-corrected chi connectivity index (χ4v) is 2.88. The van der Waals surface area contributed by atoms with E-state index in [9.17, 15) is 14.0 Å². The van der Waals surface area contributed by atoms with E-state index in [1.807, 2.05) is 0 Å². The molecule has 1 fully saturated rings. The monoisotopic (exact) mass is 330 g/mol. The number of thiocarbonyl (C=S) groups is 1. The van der Waals surface area contributed by atoms with Crippen molar-refractivity contribution in [2.75, 3.05) is 0 Å². The highest BCUT2D eigenvalue weighted by Gasteiger charge is 2.33. The van der Waals surface area contributed by atoms with Crippen LogP contribution in [0, 0.1) is 5.82 Å². The van der Waals surface area contributed by atoms with E-state index in [1.54, 1.807) is 0 Å². The molecule has 2 rings (SSSR count). The molecule has 0 aromatic heterocycles. The van der Waals surface area contributed by atoms with Crippen molar-refractivity contribution in [2.45, 2.75) is 6.92 Å². The number of amides is 2. The lowest BCUT2D eigenvalue weighted by atomic mass is 10.2. The topological polar surface area (TPSA) is 49.4 Å². The second-order valence-electron chi connectivity index (χ2n) is 3.82. The second-order valence-corrected chi connectivity index (χ2v) is 5.90. The zero-order valence-electron chi connectivity index (χ0n) is 10.1. The SMILES string of the molecule is CC(=O)NN1C(=O)/C(=C/c2c(F)cccc2Cl)SC1=S. The number of hydrazine groups is 1. The Hall–Kier alpha value is -1.44. The molecule has 0 bridgehead atoms. The first-order chi connectivity index (χ1) is 9.40. The maximum atomic E-state index is 13.7. The lowest BCUT2D eigenvalue weighted by molar-refractivity contribution is -0.131. The summed E-state index contributed by atoms with van der Waals surface area (Å²) in [5.41, 5.74) is 2.41. The molecule has 1 aliphatic heterocycles. The van der Waals surface area contributed by atoms with E-state index in [0.717, 1.165) is 16.8 Å². The maximum Gasteiger partial charge on any atom is 0.285 e. The number of benzene rings is 1. The van der Waals surface area contributed by atoms with Gasteiger partial charge in [-0.15, -0.1) is 0 Å². The van der Waals surface area contributed by atoms with Crippen molar-refractivity contribution in [3.8, 4) is 0 Å². The van der Waals surface area contributed by atoms with E-state index in [4.69, 9.17) is 23.8 Å². The van der Waals surface area contributed by atoms with Crippen molar-refractivity contribution >= 4 is 57.8 Å². The summed E-state index contributed by atoms with van der Waals surface area (Å²) < 4.78 is 13.8. The Bertz CT molecular complexity index is 628. The van der Waals surface area contributed by atoms with Crippen LogP contribution in [0.2, 0.25) is 5.02 Å². The van der Waals surface area contributed by atoms with Crippen LogP contribution < -0.4 is 5.43 Å². The molecule has 1 aliphatic rings. The van der Waals surface area contributed by atoms with Gasteiger partial charge in [0.25, 0.3) is 5.91 Å². The number of halogens is 2. The number of hydrogen-bond donors (Lipinski definition) is 1. The molecule has 0 unspecified atom stereocenters. The van der Waals surface area contributed by atoms with Crippen LogP contribution >= 0.6 is 35.6 Å². The van der Waals surface area contributed by atoms with Gasteiger partial charge < -0.3 is 0 Å². The van der Waals surface area contributed by atoms with Gasteiger partial charge in [-0.2, -0.15) is 5.01 Å². The largest absolute Gasteiger partial charge is 0.285 e. The van der Waals surface area contributed by atoms with Gasteiger partial charge in [0.1, 0.15) is 5.82 Å². The number of carbonyl (C=O) groups excluding carboxylic acids is 2. The van der Waals surface area contributed by atoms with E-state index in [2.05, 4.69) is 5.43 Å². The predicted octanol–water partition coefficient (Wildman–Crippen LogP) is 2.73. The third-order valence-corrected chi connectivity index (χ3v) is 3.97. The van der Waals surface area contributed by atoms with Gasteiger partial charge in [-0.3, -0.25) is 15.0 Å². The smallest absolute Gasteiger partial charge is 0.274 e. The van der Waals surface area contributed by atoms with Gasteiger partial charge in [-0.25, -0.2) is 4.39 Å². The Balaban J connectivity index is 2.35. The molecule has 20 heavy (non-hydrogen) atoms. The van der Waals surface area contributed by atoms with E-state index >= 15 is 0 Å². The summed E-state index contributed by atoms with van der Waals surface area (Å²) in [4.78, 5) is 23.2. The van der Waals surface area contributed by atoms with E-state index in [1.165, 1.54) is 31.2 Å². The van der Waals surface area contributed by atoms with Crippen molar-refractivity contribution < 1.29 is 14.0 Å². The van der Waals surface area contributed by atoms with Gasteiger partial charge in [0.05, 0.1) is 9.93 Å². The summed E-state index contributed by atoms with van der Waals surface area (Å²) in [6.45, 7) is 1.26. The van der Waals surface area contributed by atoms with Crippen molar-refractivity contribution in [3.05, 3.63) is 39.5 Å². The number of rotatable bonds is 2. The van der Waals surface area contributed by atoms with E-state index < -0.39 is 17.6 Å². The quantitative estimate of drug-likeness (QED) is 0.669. The highest BCUT2D eigenvalue weighted by molar-refractivity contribution is 8.26. The molecule has 1 heterocycles. The number of nitrogens with zero attached hydrogens (tertiary/aromatic N) is 1. The molecule has 0 atom stereocenters. The molecule has 104 valence electrons. The minimum absolute atomic E-state index is 0.109. The first kappa shape index (κ1) is 15.0. The highest BCUT2D eigenvalue weighted by atomic mass is 35.5. The first-order valence-electron chi connectivity index (χ1n) is 5.39. The fraction of sp³-hybridized carbons (Fsp3) is 0.0833. The van der Waals surface area contributed by atoms with Crippen LogP contribution in [-0.4, -0.2) is 21.1 Å². The molecule has 1 aromatic rings. The molecule has 0 aliphatic carbocycles. The molecule has 0 spiro atoms. The average molecular weight is 331 g/mol. The summed E-state index contributed by atoms with van der Waals surface area (Å²) >= 11 is 11.8. The lowest BCUT2D eigenvalue weighted by Crippen LogP contribution is -2.43. The van der Waals surface area contributed by atoms with Gasteiger partial charge in [0, 0.05) is 12.5 Å². The minimum Gasteiger partial charge on any atom is -0.274 e. The normalized spacial score (nSPS) is 16.9. The van der Waals surface area contributed by atoms with Crippen molar-refractivity contribution in [1.29, 1.82) is 0 Å². The zero-order valence-corrected chi connectivity index (χ0v) is 12.5. The average Bonchev–Trinajstić information content (AvgIpc) is 2.61. The number of carbonyl (C=O) groups is 2. The maximum absolute atomic E-state index is 13.7. The zero-order chi connectivity index (χ0) is 14.9. The fourth-order valence-electron chi connectivity index (χ4n) is 1.50. The van der Waals surface area contributed by atoms with Crippen molar-refractivity contribution in [1.82, 2.24) is 10.4 Å². The van der Waals surface area contributed by atoms with Gasteiger partial charge >= 0.3 is 0 Å². The Morgan fingerprint density at radius 3 is 2.85 bits per heavy atom. The summed E-state index contributed by atoms with van der Waals surface area (Å²) in [5, 5.41) is 1.14. The third kappa shape index (κ3) is 3.00. The molecule has 1 N–H and O–H groups in total. The molecule has 0 saturated carbocycles. The Kier molecular flexibility index (Phi) is 4.42. The predicted molar refractivity (Wildman–Crippen MR) is 80.2 cm³/mol. The van der Waals surface area contributed by atoms with Crippen LogP contribution in [0.25, 0.3) is 6.08 Å². The Morgan fingerprint density at radius 2 is 2.25 bits per heavy atom. The van der Waals surface area contributed by atoms with E-state index in [0.29, 0.717) is 0 Å². The Morgan fingerprint density at radius 1 is 1.55 bits per heavy atom. The standard InChI is InChI=1S/C12H8ClFN2O2S2/c1-6(17)15-16-11(18)10(20-12(16)19)5-7-8(13)3-2-4-9(7)14/h2-5H,1H3,(H,15,17)/b10-5-. The number of thioether (sulfide) groups is 1. The summed E-state index contributed by atoms with van der Waals surface area (Å²) in [6.07, 6.45) is 1.32. The molecule has 1 aromatic carbocycles. The van der Waals surface area contributed by atoms with Gasteiger partial charge in [-0.1, -0.05) is 29.4 Å². The van der Waals surface area contributed by atoms with E-state index in [-0.39, 0.29) is 19.8 Å². The van der Waals surface area contributed by atoms with Crippen LogP contribution in [0.3, 0.4) is 0 Å². The molecule has 2 amide bonds. The second kappa shape index (κ2) is 5.90. The first-order valence-corrected chi connectivity index (χ1v) is 6.99. The van der Waals surface area contributed by atoms with Crippen LogP contribution in [0.15, 0.2) is 23.1 Å². The number of nitrogens with one attached hydrogen (secondary N) is 1.